The van der Waals surface area contributed by atoms with E-state index in [4.69, 9.17) is 15.9 Å². The fourth-order valence-electron chi connectivity index (χ4n) is 2.66. The summed E-state index contributed by atoms with van der Waals surface area (Å²) < 4.78 is 18.1. The van der Waals surface area contributed by atoms with Crippen molar-refractivity contribution in [3.8, 4) is 0 Å². The van der Waals surface area contributed by atoms with Crippen molar-refractivity contribution < 1.29 is 13.9 Å². The zero-order chi connectivity index (χ0) is 17.7. The van der Waals surface area contributed by atoms with Crippen LogP contribution >= 0.6 is 0 Å². The second-order valence-electron chi connectivity index (χ2n) is 5.72. The molecule has 1 aliphatic heterocycles. The number of carbonyl (C=O) groups excluding carboxylic acids is 1. The van der Waals surface area contributed by atoms with Crippen LogP contribution in [0.25, 0.3) is 0 Å². The van der Waals surface area contributed by atoms with Crippen LogP contribution in [-0.2, 0) is 16.1 Å². The molecule has 0 saturated heterocycles. The summed E-state index contributed by atoms with van der Waals surface area (Å²) in [6.07, 6.45) is 0. The van der Waals surface area contributed by atoms with Crippen LogP contribution in [0.1, 0.15) is 19.4 Å². The zero-order valence-electron chi connectivity index (χ0n) is 13.9. The van der Waals surface area contributed by atoms with Crippen molar-refractivity contribution in [3.05, 3.63) is 40.8 Å². The van der Waals surface area contributed by atoms with Gasteiger partial charge >= 0.3 is 5.97 Å². The van der Waals surface area contributed by atoms with Crippen LogP contribution in [0, 0.1) is 17.1 Å². The minimum absolute atomic E-state index is 0.102. The van der Waals surface area contributed by atoms with Gasteiger partial charge in [-0.2, -0.15) is 0 Å². The number of ether oxygens (including phenoxy) is 1. The molecule has 0 radical (unpaired) electrons. The molecule has 1 aromatic rings. The van der Waals surface area contributed by atoms with Crippen LogP contribution in [0.2, 0.25) is 0 Å². The number of benzene rings is 1. The van der Waals surface area contributed by atoms with Crippen LogP contribution in [0.3, 0.4) is 0 Å². The van der Waals surface area contributed by atoms with Crippen molar-refractivity contribution in [2.24, 2.45) is 5.92 Å². The Morgan fingerprint density at radius 2 is 2.29 bits per heavy atom. The van der Waals surface area contributed by atoms with Crippen molar-refractivity contribution >= 4 is 17.4 Å². The second-order valence-corrected chi connectivity index (χ2v) is 5.72. The fourth-order valence-corrected chi connectivity index (χ4v) is 2.66. The molecule has 5 N–H and O–H groups in total. The summed E-state index contributed by atoms with van der Waals surface area (Å²) >= 11 is 0. The molecule has 0 aromatic heterocycles. The molecule has 130 valence electrons. The Kier molecular flexibility index (Phi) is 5.92. The quantitative estimate of drug-likeness (QED) is 0.359. The van der Waals surface area contributed by atoms with E-state index in [2.05, 4.69) is 10.6 Å². The van der Waals surface area contributed by atoms with Crippen LogP contribution in [-0.4, -0.2) is 31.4 Å². The number of halogens is 1. The number of rotatable bonds is 6. The fraction of sp³-hybridized carbons (Fsp3) is 0.412. The van der Waals surface area contributed by atoms with Gasteiger partial charge in [-0.1, -0.05) is 13.0 Å². The largest absolute Gasteiger partial charge is 0.461 e. The van der Waals surface area contributed by atoms with E-state index in [1.54, 1.807) is 13.0 Å². The summed E-state index contributed by atoms with van der Waals surface area (Å²) in [6.45, 7) is 5.49. The highest BCUT2D eigenvalue weighted by molar-refractivity contribution is 6.42. The van der Waals surface area contributed by atoms with Crippen molar-refractivity contribution in [1.29, 1.82) is 5.41 Å². The number of hydrogen-bond acceptors (Lipinski definition) is 6. The number of anilines is 1. The first-order chi connectivity index (χ1) is 11.4. The molecule has 1 atom stereocenters. The van der Waals surface area contributed by atoms with Gasteiger partial charge in [0, 0.05) is 42.5 Å². The Bertz CT molecular complexity index is 673. The van der Waals surface area contributed by atoms with Gasteiger partial charge in [-0.25, -0.2) is 9.18 Å². The van der Waals surface area contributed by atoms with Crippen molar-refractivity contribution in [1.82, 2.24) is 10.6 Å². The lowest BCUT2D eigenvalue weighted by atomic mass is 9.95. The number of hydrogen-bond donors (Lipinski definition) is 4. The molecular formula is C17H23FN4O2. The molecule has 0 saturated carbocycles. The van der Waals surface area contributed by atoms with Crippen LogP contribution < -0.4 is 16.4 Å². The third kappa shape index (κ3) is 4.11. The highest BCUT2D eigenvalue weighted by Gasteiger charge is 2.26. The Morgan fingerprint density at radius 3 is 2.96 bits per heavy atom. The van der Waals surface area contributed by atoms with Gasteiger partial charge in [-0.15, -0.1) is 0 Å². The summed E-state index contributed by atoms with van der Waals surface area (Å²) in [5.74, 6) is -0.912. The molecule has 2 rings (SSSR count). The second kappa shape index (κ2) is 7.92. The Hall–Kier alpha value is -2.41. The molecule has 1 unspecified atom stereocenters. The normalized spacial score (nSPS) is 17.5. The average molecular weight is 334 g/mol. The monoisotopic (exact) mass is 334 g/mol. The molecule has 6 nitrogen and oxygen atoms in total. The van der Waals surface area contributed by atoms with Gasteiger partial charge in [0.15, 0.2) is 0 Å². The van der Waals surface area contributed by atoms with Crippen LogP contribution in [0.4, 0.5) is 10.1 Å². The van der Waals surface area contributed by atoms with E-state index in [0.717, 1.165) is 17.8 Å². The standard InChI is InChI=1S/C17H23FN4O2/c1-3-24-17(23)15(20)13-9-21-7-10(2)16(13)22-8-11-4-5-12(18)6-14(11)19/h4-6,10,20-22H,3,7-9,19H2,1-2H3. The molecule has 0 spiro atoms. The summed E-state index contributed by atoms with van der Waals surface area (Å²) in [5, 5.41) is 14.5. The van der Waals surface area contributed by atoms with Crippen molar-refractivity contribution in [2.75, 3.05) is 25.4 Å². The SMILES string of the molecule is CCOC(=O)C(=N)C1=C(NCc2ccc(F)cc2N)C(C)CNC1. The molecule has 0 fully saturated rings. The summed E-state index contributed by atoms with van der Waals surface area (Å²) in [7, 11) is 0. The van der Waals surface area contributed by atoms with Gasteiger partial charge in [0.05, 0.1) is 6.61 Å². The predicted molar refractivity (Wildman–Crippen MR) is 91.1 cm³/mol. The lowest BCUT2D eigenvalue weighted by molar-refractivity contribution is -0.135. The highest BCUT2D eigenvalue weighted by Crippen LogP contribution is 2.20. The maximum absolute atomic E-state index is 13.1. The predicted octanol–water partition coefficient (Wildman–Crippen LogP) is 1.57. The molecule has 0 aliphatic carbocycles. The van der Waals surface area contributed by atoms with Crippen molar-refractivity contribution in [2.45, 2.75) is 20.4 Å². The lowest BCUT2D eigenvalue weighted by Crippen LogP contribution is -2.40. The van der Waals surface area contributed by atoms with Gasteiger partial charge in [-0.3, -0.25) is 5.41 Å². The minimum Gasteiger partial charge on any atom is -0.461 e. The Balaban J connectivity index is 2.21. The van der Waals surface area contributed by atoms with Crippen LogP contribution in [0.5, 0.6) is 0 Å². The molecular weight excluding hydrogens is 311 g/mol. The van der Waals surface area contributed by atoms with E-state index in [1.165, 1.54) is 12.1 Å². The van der Waals surface area contributed by atoms with Crippen molar-refractivity contribution in [3.63, 3.8) is 0 Å². The van der Waals surface area contributed by atoms with Crippen LogP contribution in [0.15, 0.2) is 29.5 Å². The Morgan fingerprint density at radius 1 is 1.54 bits per heavy atom. The van der Waals surface area contributed by atoms with Gasteiger partial charge in [0.1, 0.15) is 11.5 Å². The first-order valence-corrected chi connectivity index (χ1v) is 7.91. The molecule has 24 heavy (non-hydrogen) atoms. The lowest BCUT2D eigenvalue weighted by Gasteiger charge is -2.28. The third-order valence-corrected chi connectivity index (χ3v) is 3.93. The number of nitrogens with one attached hydrogen (secondary N) is 3. The van der Waals surface area contributed by atoms with E-state index in [0.29, 0.717) is 24.4 Å². The number of nitrogens with two attached hydrogens (primary N) is 1. The molecule has 0 bridgehead atoms. The molecule has 0 amide bonds. The van der Waals surface area contributed by atoms with Gasteiger partial charge in [0.2, 0.25) is 0 Å². The smallest absolute Gasteiger partial charge is 0.356 e. The summed E-state index contributed by atoms with van der Waals surface area (Å²) in [5.41, 5.74) is 8.22. The van der Waals surface area contributed by atoms with Gasteiger partial charge in [0.25, 0.3) is 0 Å². The van der Waals surface area contributed by atoms with E-state index in [9.17, 15) is 9.18 Å². The maximum atomic E-state index is 13.1. The summed E-state index contributed by atoms with van der Waals surface area (Å²) in [6, 6.07) is 4.26. The van der Waals surface area contributed by atoms with E-state index in [1.807, 2.05) is 6.92 Å². The number of esters is 1. The van der Waals surface area contributed by atoms with Gasteiger partial charge < -0.3 is 21.1 Å². The molecule has 7 heteroatoms. The number of nitrogen functional groups attached to an aromatic ring is 1. The zero-order valence-corrected chi connectivity index (χ0v) is 13.9. The average Bonchev–Trinajstić information content (AvgIpc) is 2.54. The van der Waals surface area contributed by atoms with E-state index >= 15 is 0 Å². The number of carbonyl (C=O) groups is 1. The Labute approximate surface area is 140 Å². The molecule has 1 heterocycles. The molecule has 1 aliphatic rings. The third-order valence-electron chi connectivity index (χ3n) is 3.93. The highest BCUT2D eigenvalue weighted by atomic mass is 19.1. The topological polar surface area (TPSA) is 100 Å². The first-order valence-electron chi connectivity index (χ1n) is 7.91. The van der Waals surface area contributed by atoms with Gasteiger partial charge in [-0.05, 0) is 24.6 Å². The van der Waals surface area contributed by atoms with E-state index in [-0.39, 0.29) is 24.1 Å². The maximum Gasteiger partial charge on any atom is 0.356 e. The first kappa shape index (κ1) is 17.9. The molecule has 1 aromatic carbocycles. The minimum atomic E-state index is -0.635. The summed E-state index contributed by atoms with van der Waals surface area (Å²) in [4.78, 5) is 11.9. The van der Waals surface area contributed by atoms with E-state index < -0.39 is 5.97 Å².